The summed E-state index contributed by atoms with van der Waals surface area (Å²) in [5.41, 5.74) is -0.203. The van der Waals surface area contributed by atoms with Crippen LogP contribution in [0.25, 0.3) is 0 Å². The molecular formula is C20H19Cl2N3O4. The zero-order valence-corrected chi connectivity index (χ0v) is 17.3. The van der Waals surface area contributed by atoms with Gasteiger partial charge in [-0.1, -0.05) is 42.3 Å². The highest BCUT2D eigenvalue weighted by molar-refractivity contribution is 6.32. The van der Waals surface area contributed by atoms with Crippen LogP contribution in [0.15, 0.2) is 42.5 Å². The van der Waals surface area contributed by atoms with Crippen molar-refractivity contribution in [3.63, 3.8) is 0 Å². The number of hydrogen-bond donors (Lipinski definition) is 2. The number of carbonyl (C=O) groups is 3. The van der Waals surface area contributed by atoms with Crippen LogP contribution in [-0.2, 0) is 15.1 Å². The van der Waals surface area contributed by atoms with Crippen LogP contribution in [-0.4, -0.2) is 36.4 Å². The molecule has 0 spiro atoms. The number of benzene rings is 2. The van der Waals surface area contributed by atoms with E-state index in [1.807, 2.05) is 0 Å². The Hall–Kier alpha value is -2.77. The Morgan fingerprint density at radius 3 is 2.45 bits per heavy atom. The van der Waals surface area contributed by atoms with Crippen LogP contribution >= 0.6 is 23.2 Å². The third-order valence-corrected chi connectivity index (χ3v) is 5.33. The van der Waals surface area contributed by atoms with Crippen LogP contribution in [0.5, 0.6) is 5.75 Å². The summed E-state index contributed by atoms with van der Waals surface area (Å²) < 4.78 is 5.07. The van der Waals surface area contributed by atoms with Gasteiger partial charge in [0.05, 0.1) is 12.1 Å². The maximum atomic E-state index is 13.1. The number of amides is 4. The lowest BCUT2D eigenvalue weighted by Crippen LogP contribution is -2.44. The van der Waals surface area contributed by atoms with Crippen molar-refractivity contribution in [2.24, 2.45) is 0 Å². The van der Waals surface area contributed by atoms with E-state index in [0.29, 0.717) is 33.5 Å². The summed E-state index contributed by atoms with van der Waals surface area (Å²) in [6.07, 6.45) is 0.325. The molecule has 0 aliphatic carbocycles. The molecule has 1 atom stereocenters. The van der Waals surface area contributed by atoms with Gasteiger partial charge in [0.1, 0.15) is 17.8 Å². The summed E-state index contributed by atoms with van der Waals surface area (Å²) in [6, 6.07) is 10.8. The topological polar surface area (TPSA) is 87.7 Å². The van der Waals surface area contributed by atoms with Gasteiger partial charge < -0.3 is 15.4 Å². The van der Waals surface area contributed by atoms with E-state index in [1.165, 1.54) is 13.2 Å². The molecular weight excluding hydrogens is 417 g/mol. The first-order valence-corrected chi connectivity index (χ1v) is 9.60. The molecule has 1 aliphatic heterocycles. The number of urea groups is 1. The normalized spacial score (nSPS) is 18.6. The largest absolute Gasteiger partial charge is 0.495 e. The van der Waals surface area contributed by atoms with Crippen molar-refractivity contribution in [3.8, 4) is 5.75 Å². The number of nitrogens with one attached hydrogen (secondary N) is 2. The minimum absolute atomic E-state index is 0.325. The third-order valence-electron chi connectivity index (χ3n) is 4.78. The van der Waals surface area contributed by atoms with Gasteiger partial charge in [0.25, 0.3) is 5.91 Å². The first kappa shape index (κ1) is 21.0. The summed E-state index contributed by atoms with van der Waals surface area (Å²) in [5, 5.41) is 6.19. The molecule has 2 aromatic rings. The van der Waals surface area contributed by atoms with Crippen molar-refractivity contribution in [2.75, 3.05) is 19.0 Å². The Morgan fingerprint density at radius 1 is 1.17 bits per heavy atom. The fraction of sp³-hybridized carbons (Fsp3) is 0.250. The first-order chi connectivity index (χ1) is 13.8. The molecule has 1 saturated heterocycles. The number of ether oxygens (including phenoxy) is 1. The van der Waals surface area contributed by atoms with Gasteiger partial charge >= 0.3 is 6.03 Å². The minimum Gasteiger partial charge on any atom is -0.495 e. The number of carbonyl (C=O) groups excluding carboxylic acids is 3. The number of halogens is 2. The Morgan fingerprint density at radius 2 is 1.86 bits per heavy atom. The predicted octanol–water partition coefficient (Wildman–Crippen LogP) is 3.80. The van der Waals surface area contributed by atoms with E-state index in [-0.39, 0.29) is 0 Å². The van der Waals surface area contributed by atoms with E-state index in [4.69, 9.17) is 27.9 Å². The second-order valence-electron chi connectivity index (χ2n) is 6.48. The Balaban J connectivity index is 1.76. The SMILES string of the molecule is CCC1(c2ccc(Cl)cc2)NC(=O)N(CC(=O)Nc2ccc(OC)c(Cl)c2)C1=O. The quantitative estimate of drug-likeness (QED) is 0.675. The lowest BCUT2D eigenvalue weighted by atomic mass is 9.87. The minimum atomic E-state index is -1.23. The molecule has 1 unspecified atom stereocenters. The van der Waals surface area contributed by atoms with Crippen LogP contribution in [0.3, 0.4) is 0 Å². The molecule has 2 aromatic carbocycles. The molecule has 2 N–H and O–H groups in total. The van der Waals surface area contributed by atoms with E-state index >= 15 is 0 Å². The van der Waals surface area contributed by atoms with Gasteiger partial charge in [-0.2, -0.15) is 0 Å². The van der Waals surface area contributed by atoms with Crippen molar-refractivity contribution in [3.05, 3.63) is 58.1 Å². The zero-order chi connectivity index (χ0) is 21.2. The molecule has 0 radical (unpaired) electrons. The van der Waals surface area contributed by atoms with Crippen molar-refractivity contribution in [1.29, 1.82) is 0 Å². The number of nitrogens with zero attached hydrogens (tertiary/aromatic N) is 1. The molecule has 9 heteroatoms. The molecule has 7 nitrogen and oxygen atoms in total. The van der Waals surface area contributed by atoms with Gasteiger partial charge in [-0.05, 0) is 42.3 Å². The molecule has 3 rings (SSSR count). The molecule has 29 heavy (non-hydrogen) atoms. The third kappa shape index (κ3) is 4.02. The van der Waals surface area contributed by atoms with Crippen LogP contribution in [0.2, 0.25) is 10.0 Å². The molecule has 152 valence electrons. The second-order valence-corrected chi connectivity index (χ2v) is 7.33. The fourth-order valence-electron chi connectivity index (χ4n) is 3.23. The highest BCUT2D eigenvalue weighted by atomic mass is 35.5. The van der Waals surface area contributed by atoms with Crippen LogP contribution in [0.1, 0.15) is 18.9 Å². The molecule has 0 aromatic heterocycles. The Kier molecular flexibility index (Phi) is 6.00. The average molecular weight is 436 g/mol. The van der Waals surface area contributed by atoms with Crippen LogP contribution < -0.4 is 15.4 Å². The van der Waals surface area contributed by atoms with Crippen molar-refractivity contribution < 1.29 is 19.1 Å². The Bertz CT molecular complexity index is 965. The summed E-state index contributed by atoms with van der Waals surface area (Å²) in [4.78, 5) is 38.9. The lowest BCUT2D eigenvalue weighted by molar-refractivity contribution is -0.134. The van der Waals surface area contributed by atoms with Gasteiger partial charge in [-0.15, -0.1) is 0 Å². The van der Waals surface area contributed by atoms with Crippen molar-refractivity contribution in [1.82, 2.24) is 10.2 Å². The van der Waals surface area contributed by atoms with Gasteiger partial charge in [0.2, 0.25) is 5.91 Å². The van der Waals surface area contributed by atoms with Crippen molar-refractivity contribution >= 4 is 46.7 Å². The second kappa shape index (κ2) is 8.31. The molecule has 1 heterocycles. The molecule has 0 saturated carbocycles. The maximum Gasteiger partial charge on any atom is 0.325 e. The zero-order valence-electron chi connectivity index (χ0n) is 15.8. The standard InChI is InChI=1S/C20H19Cl2N3O4/c1-3-20(12-4-6-13(21)7-5-12)18(27)25(19(28)24-20)11-17(26)23-14-8-9-16(29-2)15(22)10-14/h4-10H,3,11H2,1-2H3,(H,23,26)(H,24,28). The number of rotatable bonds is 6. The monoisotopic (exact) mass is 435 g/mol. The van der Waals surface area contributed by atoms with Gasteiger partial charge in [-0.3, -0.25) is 14.5 Å². The highest BCUT2D eigenvalue weighted by Crippen LogP contribution is 2.33. The van der Waals surface area contributed by atoms with E-state index in [2.05, 4.69) is 10.6 Å². The first-order valence-electron chi connectivity index (χ1n) is 8.84. The van der Waals surface area contributed by atoms with Gasteiger partial charge in [-0.25, -0.2) is 4.79 Å². The van der Waals surface area contributed by atoms with Gasteiger partial charge in [0, 0.05) is 10.7 Å². The van der Waals surface area contributed by atoms with Crippen molar-refractivity contribution in [2.45, 2.75) is 18.9 Å². The number of methoxy groups -OCH3 is 1. The summed E-state index contributed by atoms with van der Waals surface area (Å²) >= 11 is 12.0. The van der Waals surface area contributed by atoms with Crippen LogP contribution in [0.4, 0.5) is 10.5 Å². The molecule has 4 amide bonds. The van der Waals surface area contributed by atoms with E-state index < -0.39 is 29.9 Å². The fourth-order valence-corrected chi connectivity index (χ4v) is 3.62. The highest BCUT2D eigenvalue weighted by Gasteiger charge is 2.51. The lowest BCUT2D eigenvalue weighted by Gasteiger charge is -2.25. The summed E-state index contributed by atoms with van der Waals surface area (Å²) in [5.74, 6) is -0.553. The smallest absolute Gasteiger partial charge is 0.325 e. The molecule has 1 fully saturated rings. The number of anilines is 1. The predicted molar refractivity (Wildman–Crippen MR) is 110 cm³/mol. The Labute approximate surface area is 177 Å². The number of hydrogen-bond acceptors (Lipinski definition) is 4. The number of imide groups is 1. The van der Waals surface area contributed by atoms with E-state index in [1.54, 1.807) is 43.3 Å². The van der Waals surface area contributed by atoms with E-state index in [9.17, 15) is 14.4 Å². The molecule has 1 aliphatic rings. The maximum absolute atomic E-state index is 13.1. The average Bonchev–Trinajstić information content (AvgIpc) is 2.94. The van der Waals surface area contributed by atoms with Crippen LogP contribution in [0, 0.1) is 0 Å². The summed E-state index contributed by atoms with van der Waals surface area (Å²) in [6.45, 7) is 1.36. The molecule has 0 bridgehead atoms. The van der Waals surface area contributed by atoms with E-state index in [0.717, 1.165) is 4.90 Å². The summed E-state index contributed by atoms with van der Waals surface area (Å²) in [7, 11) is 1.48. The van der Waals surface area contributed by atoms with Gasteiger partial charge in [0.15, 0.2) is 0 Å².